The Morgan fingerprint density at radius 3 is 2.70 bits per heavy atom. The Kier molecular flexibility index (Phi) is 4.49. The predicted octanol–water partition coefficient (Wildman–Crippen LogP) is 1.71. The zero-order valence-electron chi connectivity index (χ0n) is 12.3. The molecular weight excluding hydrogens is 256 g/mol. The molecule has 2 rings (SSSR count). The highest BCUT2D eigenvalue weighted by molar-refractivity contribution is 5.78. The third-order valence-electron chi connectivity index (χ3n) is 3.55. The van der Waals surface area contributed by atoms with Crippen LogP contribution in [0.5, 0.6) is 11.5 Å². The maximum absolute atomic E-state index is 11.9. The SMILES string of the molecule is COc1cc(C(C)N)ccc1OCC(=O)N(C)C1CC1. The number of carbonyl (C=O) groups is 1. The molecule has 5 nitrogen and oxygen atoms in total. The Bertz CT molecular complexity index is 484. The minimum absolute atomic E-state index is 0.00850. The van der Waals surface area contributed by atoms with Gasteiger partial charge in [-0.2, -0.15) is 0 Å². The molecule has 0 heterocycles. The summed E-state index contributed by atoms with van der Waals surface area (Å²) in [6.07, 6.45) is 2.18. The molecule has 2 N–H and O–H groups in total. The zero-order chi connectivity index (χ0) is 14.7. The molecule has 1 amide bonds. The zero-order valence-corrected chi connectivity index (χ0v) is 12.3. The van der Waals surface area contributed by atoms with Crippen molar-refractivity contribution in [1.29, 1.82) is 0 Å². The summed E-state index contributed by atoms with van der Waals surface area (Å²) in [5.41, 5.74) is 6.80. The van der Waals surface area contributed by atoms with Crippen LogP contribution in [0.15, 0.2) is 18.2 Å². The van der Waals surface area contributed by atoms with Crippen LogP contribution >= 0.6 is 0 Å². The van der Waals surface area contributed by atoms with Gasteiger partial charge in [-0.05, 0) is 37.5 Å². The number of hydrogen-bond acceptors (Lipinski definition) is 4. The van der Waals surface area contributed by atoms with Crippen molar-refractivity contribution in [1.82, 2.24) is 4.90 Å². The first-order valence-corrected chi connectivity index (χ1v) is 6.85. The minimum Gasteiger partial charge on any atom is -0.493 e. The number of likely N-dealkylation sites (N-methyl/N-ethyl adjacent to an activating group) is 1. The Morgan fingerprint density at radius 1 is 1.45 bits per heavy atom. The van der Waals surface area contributed by atoms with E-state index in [1.807, 2.05) is 26.1 Å². The maximum atomic E-state index is 11.9. The summed E-state index contributed by atoms with van der Waals surface area (Å²) in [5, 5.41) is 0. The summed E-state index contributed by atoms with van der Waals surface area (Å²) in [5.74, 6) is 1.15. The fourth-order valence-electron chi connectivity index (χ4n) is 1.99. The maximum Gasteiger partial charge on any atom is 0.260 e. The summed E-state index contributed by atoms with van der Waals surface area (Å²) < 4.78 is 10.8. The lowest BCUT2D eigenvalue weighted by molar-refractivity contribution is -0.132. The molecule has 0 aromatic heterocycles. The van der Waals surface area contributed by atoms with E-state index in [-0.39, 0.29) is 18.6 Å². The minimum atomic E-state index is -0.0689. The van der Waals surface area contributed by atoms with Gasteiger partial charge in [-0.25, -0.2) is 0 Å². The van der Waals surface area contributed by atoms with Gasteiger partial charge < -0.3 is 20.1 Å². The smallest absolute Gasteiger partial charge is 0.260 e. The van der Waals surface area contributed by atoms with E-state index in [1.165, 1.54) is 0 Å². The van der Waals surface area contributed by atoms with Crippen LogP contribution in [0, 0.1) is 0 Å². The van der Waals surface area contributed by atoms with Crippen molar-refractivity contribution in [2.24, 2.45) is 5.73 Å². The summed E-state index contributed by atoms with van der Waals surface area (Å²) in [6.45, 7) is 1.93. The van der Waals surface area contributed by atoms with Gasteiger partial charge in [0.15, 0.2) is 18.1 Å². The molecule has 1 aromatic rings. The molecule has 0 spiro atoms. The van der Waals surface area contributed by atoms with E-state index in [0.29, 0.717) is 17.5 Å². The first-order valence-electron chi connectivity index (χ1n) is 6.85. The van der Waals surface area contributed by atoms with Crippen LogP contribution in [0.2, 0.25) is 0 Å². The van der Waals surface area contributed by atoms with Crippen molar-refractivity contribution >= 4 is 5.91 Å². The van der Waals surface area contributed by atoms with Gasteiger partial charge in [-0.15, -0.1) is 0 Å². The van der Waals surface area contributed by atoms with E-state index in [1.54, 1.807) is 18.1 Å². The molecule has 0 bridgehead atoms. The summed E-state index contributed by atoms with van der Waals surface area (Å²) in [4.78, 5) is 13.7. The molecule has 1 atom stereocenters. The number of nitrogens with two attached hydrogens (primary N) is 1. The van der Waals surface area contributed by atoms with Gasteiger partial charge >= 0.3 is 0 Å². The molecule has 0 aliphatic heterocycles. The Labute approximate surface area is 119 Å². The molecule has 1 unspecified atom stereocenters. The van der Waals surface area contributed by atoms with Gasteiger partial charge in [-0.3, -0.25) is 4.79 Å². The number of benzene rings is 1. The van der Waals surface area contributed by atoms with Crippen molar-refractivity contribution in [2.45, 2.75) is 31.8 Å². The molecule has 110 valence electrons. The van der Waals surface area contributed by atoms with Crippen LogP contribution in [0.4, 0.5) is 0 Å². The summed E-state index contributed by atoms with van der Waals surface area (Å²) in [6, 6.07) is 5.85. The van der Waals surface area contributed by atoms with Gasteiger partial charge in [-0.1, -0.05) is 6.07 Å². The van der Waals surface area contributed by atoms with Crippen molar-refractivity contribution < 1.29 is 14.3 Å². The predicted molar refractivity (Wildman–Crippen MR) is 76.9 cm³/mol. The molecule has 1 fully saturated rings. The van der Waals surface area contributed by atoms with Crippen LogP contribution in [0.1, 0.15) is 31.4 Å². The Balaban J connectivity index is 1.99. The number of nitrogens with zero attached hydrogens (tertiary/aromatic N) is 1. The van der Waals surface area contributed by atoms with Crippen molar-refractivity contribution in [2.75, 3.05) is 20.8 Å². The lowest BCUT2D eigenvalue weighted by atomic mass is 10.1. The molecule has 20 heavy (non-hydrogen) atoms. The van der Waals surface area contributed by atoms with Crippen LogP contribution in [-0.2, 0) is 4.79 Å². The molecule has 0 radical (unpaired) electrons. The molecule has 0 saturated heterocycles. The van der Waals surface area contributed by atoms with Gasteiger partial charge in [0.05, 0.1) is 7.11 Å². The van der Waals surface area contributed by atoms with Gasteiger partial charge in [0.1, 0.15) is 0 Å². The quantitative estimate of drug-likeness (QED) is 0.860. The monoisotopic (exact) mass is 278 g/mol. The Hall–Kier alpha value is -1.75. The van der Waals surface area contributed by atoms with Crippen LogP contribution in [-0.4, -0.2) is 37.6 Å². The van der Waals surface area contributed by atoms with E-state index < -0.39 is 0 Å². The van der Waals surface area contributed by atoms with Gasteiger partial charge in [0.25, 0.3) is 5.91 Å². The lowest BCUT2D eigenvalue weighted by Gasteiger charge is -2.18. The van der Waals surface area contributed by atoms with Crippen molar-refractivity contribution in [3.63, 3.8) is 0 Å². The lowest BCUT2D eigenvalue weighted by Crippen LogP contribution is -2.33. The molecule has 1 aliphatic rings. The second-order valence-electron chi connectivity index (χ2n) is 5.22. The molecule has 1 aliphatic carbocycles. The highest BCUT2D eigenvalue weighted by atomic mass is 16.5. The van der Waals surface area contributed by atoms with Crippen molar-refractivity contribution in [3.05, 3.63) is 23.8 Å². The number of ether oxygens (including phenoxy) is 2. The van der Waals surface area contributed by atoms with Crippen molar-refractivity contribution in [3.8, 4) is 11.5 Å². The van der Waals surface area contributed by atoms with E-state index in [9.17, 15) is 4.79 Å². The fourth-order valence-corrected chi connectivity index (χ4v) is 1.99. The highest BCUT2D eigenvalue weighted by Gasteiger charge is 2.29. The number of rotatable bonds is 6. The number of methoxy groups -OCH3 is 1. The number of amides is 1. The fraction of sp³-hybridized carbons (Fsp3) is 0.533. The van der Waals surface area contributed by atoms with Crippen LogP contribution in [0.25, 0.3) is 0 Å². The standard InChI is InChI=1S/C15H22N2O3/c1-10(16)11-4-7-13(14(8-11)19-3)20-9-15(18)17(2)12-5-6-12/h4,7-8,10,12H,5-6,9,16H2,1-3H3. The average molecular weight is 278 g/mol. The first-order chi connectivity index (χ1) is 9.52. The van der Waals surface area contributed by atoms with E-state index >= 15 is 0 Å². The van der Waals surface area contributed by atoms with Crippen LogP contribution in [0.3, 0.4) is 0 Å². The topological polar surface area (TPSA) is 64.8 Å². The normalized spacial score (nSPS) is 15.6. The Morgan fingerprint density at radius 2 is 2.15 bits per heavy atom. The summed E-state index contributed by atoms with van der Waals surface area (Å²) >= 11 is 0. The second kappa shape index (κ2) is 6.13. The van der Waals surface area contributed by atoms with E-state index in [4.69, 9.17) is 15.2 Å². The molecular formula is C15H22N2O3. The second-order valence-corrected chi connectivity index (χ2v) is 5.22. The molecule has 5 heteroatoms. The highest BCUT2D eigenvalue weighted by Crippen LogP contribution is 2.30. The third-order valence-corrected chi connectivity index (χ3v) is 3.55. The van der Waals surface area contributed by atoms with Crippen LogP contribution < -0.4 is 15.2 Å². The molecule has 1 saturated carbocycles. The van der Waals surface area contributed by atoms with Gasteiger partial charge in [0.2, 0.25) is 0 Å². The third kappa shape index (κ3) is 3.42. The summed E-state index contributed by atoms with van der Waals surface area (Å²) in [7, 11) is 3.39. The number of carbonyl (C=O) groups excluding carboxylic acids is 1. The van der Waals surface area contributed by atoms with E-state index in [2.05, 4.69) is 0 Å². The molecule has 1 aromatic carbocycles. The number of hydrogen-bond donors (Lipinski definition) is 1. The van der Waals surface area contributed by atoms with E-state index in [0.717, 1.165) is 18.4 Å². The average Bonchev–Trinajstić information content (AvgIpc) is 3.28. The van der Waals surface area contributed by atoms with Gasteiger partial charge in [0, 0.05) is 19.1 Å². The largest absolute Gasteiger partial charge is 0.493 e. The first kappa shape index (κ1) is 14.7.